The molecule has 29 heavy (non-hydrogen) atoms. The van der Waals surface area contributed by atoms with Crippen LogP contribution in [-0.4, -0.2) is 33.1 Å². The van der Waals surface area contributed by atoms with Crippen LogP contribution < -0.4 is 0 Å². The second-order valence-electron chi connectivity index (χ2n) is 10.8. The highest BCUT2D eigenvalue weighted by Crippen LogP contribution is 2.65. The molecule has 5 rings (SSSR count). The van der Waals surface area contributed by atoms with Crippen LogP contribution in [0.5, 0.6) is 0 Å². The zero-order valence-corrected chi connectivity index (χ0v) is 17.9. The predicted molar refractivity (Wildman–Crippen MR) is 114 cm³/mol. The van der Waals surface area contributed by atoms with Gasteiger partial charge in [-0.15, -0.1) is 0 Å². The zero-order valence-electron chi connectivity index (χ0n) is 17.9. The van der Waals surface area contributed by atoms with Crippen LogP contribution in [0.4, 0.5) is 0 Å². The van der Waals surface area contributed by atoms with E-state index in [2.05, 4.69) is 24.9 Å². The highest BCUT2D eigenvalue weighted by Gasteiger charge is 2.61. The van der Waals surface area contributed by atoms with Crippen molar-refractivity contribution in [2.45, 2.75) is 84.0 Å². The fourth-order valence-electron chi connectivity index (χ4n) is 7.92. The van der Waals surface area contributed by atoms with Crippen molar-refractivity contribution in [1.82, 2.24) is 4.98 Å². The number of nitrogens with zero attached hydrogens (tertiary/aromatic N) is 2. The molecule has 0 unspecified atom stereocenters. The number of aromatic nitrogens is 1. The minimum Gasteiger partial charge on any atom is -0.393 e. The van der Waals surface area contributed by atoms with Crippen LogP contribution in [0.3, 0.4) is 0 Å². The standard InChI is InChI=1S/C25H36N2O2/c1-24-10-8-18(28)13-16(24)14-21(29)23-19-6-7-22(25(19,2)11-9-20(23)24)27-15-17-5-3-4-12-26-17/h3-5,12,16,18-21,23,28-29H,6-11,13-15H2,1-2H3/b27-22+/t16-,18+,19-,20-,21+,23-,24-,25-/m0/s1. The van der Waals surface area contributed by atoms with Crippen LogP contribution in [0.1, 0.15) is 70.9 Å². The second kappa shape index (κ2) is 7.16. The summed E-state index contributed by atoms with van der Waals surface area (Å²) in [6.07, 6.45) is 9.90. The average molecular weight is 397 g/mol. The molecule has 4 nitrogen and oxygen atoms in total. The van der Waals surface area contributed by atoms with Crippen LogP contribution in [-0.2, 0) is 6.54 Å². The van der Waals surface area contributed by atoms with Crippen LogP contribution in [0.2, 0.25) is 0 Å². The first kappa shape index (κ1) is 19.7. The van der Waals surface area contributed by atoms with Crippen molar-refractivity contribution in [3.05, 3.63) is 30.1 Å². The fourth-order valence-corrected chi connectivity index (χ4v) is 7.92. The molecule has 4 aliphatic carbocycles. The third-order valence-corrected chi connectivity index (χ3v) is 9.55. The van der Waals surface area contributed by atoms with E-state index >= 15 is 0 Å². The summed E-state index contributed by atoms with van der Waals surface area (Å²) < 4.78 is 0. The monoisotopic (exact) mass is 396 g/mol. The quantitative estimate of drug-likeness (QED) is 0.779. The molecular formula is C25H36N2O2. The summed E-state index contributed by atoms with van der Waals surface area (Å²) in [7, 11) is 0. The molecule has 4 aliphatic rings. The molecule has 4 heteroatoms. The Kier molecular flexibility index (Phi) is 4.86. The molecule has 0 amide bonds. The van der Waals surface area contributed by atoms with Gasteiger partial charge in [-0.1, -0.05) is 19.9 Å². The molecule has 1 aromatic rings. The molecule has 0 radical (unpaired) electrons. The summed E-state index contributed by atoms with van der Waals surface area (Å²) in [5, 5.41) is 21.5. The maximum Gasteiger partial charge on any atom is 0.0811 e. The average Bonchev–Trinajstić information content (AvgIpc) is 3.05. The first-order chi connectivity index (χ1) is 13.9. The van der Waals surface area contributed by atoms with Crippen LogP contribution >= 0.6 is 0 Å². The molecule has 0 bridgehead atoms. The SMILES string of the molecule is C[C@]12CC[C@@H](O)C[C@H]1C[C@@H](O)[C@@H]1[C@@H]2CC[C@]2(C)/C(=N/Cc3ccccn3)CC[C@@H]12. The van der Waals surface area contributed by atoms with Gasteiger partial charge in [-0.05, 0) is 92.6 Å². The molecule has 8 atom stereocenters. The molecule has 0 saturated heterocycles. The van der Waals surface area contributed by atoms with Crippen LogP contribution in [0.15, 0.2) is 29.4 Å². The largest absolute Gasteiger partial charge is 0.393 e. The maximum absolute atomic E-state index is 11.3. The summed E-state index contributed by atoms with van der Waals surface area (Å²) in [4.78, 5) is 9.50. The summed E-state index contributed by atoms with van der Waals surface area (Å²) in [5.41, 5.74) is 2.83. The molecule has 158 valence electrons. The Morgan fingerprint density at radius 2 is 1.93 bits per heavy atom. The number of pyridine rings is 1. The molecule has 4 saturated carbocycles. The van der Waals surface area contributed by atoms with Gasteiger partial charge in [0.15, 0.2) is 0 Å². The minimum absolute atomic E-state index is 0.133. The van der Waals surface area contributed by atoms with Gasteiger partial charge < -0.3 is 10.2 Å². The van der Waals surface area contributed by atoms with Crippen molar-refractivity contribution in [3.63, 3.8) is 0 Å². The number of aliphatic hydroxyl groups is 2. The molecule has 1 aromatic heterocycles. The van der Waals surface area contributed by atoms with E-state index in [-0.39, 0.29) is 23.0 Å². The van der Waals surface area contributed by atoms with Gasteiger partial charge in [-0.3, -0.25) is 9.98 Å². The number of fused-ring (bicyclic) bond motifs is 5. The van der Waals surface area contributed by atoms with Crippen molar-refractivity contribution in [2.24, 2.45) is 39.5 Å². The van der Waals surface area contributed by atoms with E-state index in [4.69, 9.17) is 4.99 Å². The lowest BCUT2D eigenvalue weighted by atomic mass is 9.44. The minimum atomic E-state index is -0.219. The van der Waals surface area contributed by atoms with E-state index in [0.29, 0.717) is 30.2 Å². The third kappa shape index (κ3) is 3.09. The van der Waals surface area contributed by atoms with Crippen LogP contribution in [0, 0.1) is 34.5 Å². The Balaban J connectivity index is 1.40. The molecule has 2 N–H and O–H groups in total. The Bertz CT molecular complexity index is 780. The van der Waals surface area contributed by atoms with E-state index in [9.17, 15) is 10.2 Å². The van der Waals surface area contributed by atoms with E-state index in [0.717, 1.165) is 37.8 Å². The fraction of sp³-hybridized carbons (Fsp3) is 0.760. The Hall–Kier alpha value is -1.26. The van der Waals surface area contributed by atoms with E-state index in [1.165, 1.54) is 25.0 Å². The molecule has 1 heterocycles. The van der Waals surface area contributed by atoms with E-state index < -0.39 is 0 Å². The normalized spacial score (nSPS) is 48.1. The van der Waals surface area contributed by atoms with Gasteiger partial charge in [0.25, 0.3) is 0 Å². The Morgan fingerprint density at radius 3 is 2.72 bits per heavy atom. The first-order valence-corrected chi connectivity index (χ1v) is 11.7. The number of hydrogen-bond donors (Lipinski definition) is 2. The topological polar surface area (TPSA) is 65.7 Å². The lowest BCUT2D eigenvalue weighted by Gasteiger charge is -2.61. The molecule has 0 aromatic carbocycles. The molecular weight excluding hydrogens is 360 g/mol. The first-order valence-electron chi connectivity index (χ1n) is 11.7. The summed E-state index contributed by atoms with van der Waals surface area (Å²) in [5.74, 6) is 2.01. The van der Waals surface area contributed by atoms with Gasteiger partial charge in [0, 0.05) is 17.3 Å². The Morgan fingerprint density at radius 1 is 1.07 bits per heavy atom. The van der Waals surface area contributed by atoms with Crippen LogP contribution in [0.25, 0.3) is 0 Å². The number of rotatable bonds is 2. The third-order valence-electron chi connectivity index (χ3n) is 9.55. The van der Waals surface area contributed by atoms with Gasteiger partial charge in [0.05, 0.1) is 24.4 Å². The van der Waals surface area contributed by atoms with Crippen molar-refractivity contribution >= 4 is 5.71 Å². The van der Waals surface area contributed by atoms with E-state index in [1.807, 2.05) is 18.3 Å². The smallest absolute Gasteiger partial charge is 0.0811 e. The summed E-state index contributed by atoms with van der Waals surface area (Å²) in [6, 6.07) is 6.04. The number of aliphatic hydroxyl groups excluding tert-OH is 2. The lowest BCUT2D eigenvalue weighted by Crippen LogP contribution is -2.58. The highest BCUT2D eigenvalue weighted by atomic mass is 16.3. The molecule has 0 aliphatic heterocycles. The zero-order chi connectivity index (χ0) is 20.2. The summed E-state index contributed by atoms with van der Waals surface area (Å²) >= 11 is 0. The molecule has 4 fully saturated rings. The van der Waals surface area contributed by atoms with Crippen molar-refractivity contribution in [1.29, 1.82) is 0 Å². The van der Waals surface area contributed by atoms with Crippen molar-refractivity contribution in [2.75, 3.05) is 0 Å². The second-order valence-corrected chi connectivity index (χ2v) is 10.8. The maximum atomic E-state index is 11.3. The molecule has 0 spiro atoms. The van der Waals surface area contributed by atoms with Gasteiger partial charge in [-0.25, -0.2) is 0 Å². The van der Waals surface area contributed by atoms with Crippen molar-refractivity contribution < 1.29 is 10.2 Å². The van der Waals surface area contributed by atoms with Gasteiger partial charge >= 0.3 is 0 Å². The predicted octanol–water partition coefficient (Wildman–Crippen LogP) is 4.40. The van der Waals surface area contributed by atoms with Crippen molar-refractivity contribution in [3.8, 4) is 0 Å². The van der Waals surface area contributed by atoms with Gasteiger partial charge in [-0.2, -0.15) is 0 Å². The van der Waals surface area contributed by atoms with Gasteiger partial charge in [0.1, 0.15) is 0 Å². The lowest BCUT2D eigenvalue weighted by molar-refractivity contribution is -0.162. The number of hydrogen-bond acceptors (Lipinski definition) is 4. The number of aliphatic imine (C=N–C) groups is 1. The Labute approximate surface area is 174 Å². The summed E-state index contributed by atoms with van der Waals surface area (Å²) in [6.45, 7) is 5.57. The highest BCUT2D eigenvalue weighted by molar-refractivity contribution is 5.92. The van der Waals surface area contributed by atoms with Gasteiger partial charge in [0.2, 0.25) is 0 Å². The van der Waals surface area contributed by atoms with E-state index in [1.54, 1.807) is 0 Å².